The van der Waals surface area contributed by atoms with Crippen LogP contribution in [0.1, 0.15) is 56.6 Å². The van der Waals surface area contributed by atoms with E-state index < -0.39 is 11.4 Å². The summed E-state index contributed by atoms with van der Waals surface area (Å²) in [5.41, 5.74) is 1.07. The Kier molecular flexibility index (Phi) is 4.10. The van der Waals surface area contributed by atoms with Crippen LogP contribution in [-0.2, 0) is 10.2 Å². The van der Waals surface area contributed by atoms with Gasteiger partial charge in [0.2, 0.25) is 0 Å². The molecule has 120 valence electrons. The zero-order chi connectivity index (χ0) is 15.9. The van der Waals surface area contributed by atoms with Gasteiger partial charge in [0.25, 0.3) is 0 Å². The van der Waals surface area contributed by atoms with Gasteiger partial charge in [-0.05, 0) is 30.4 Å². The molecule has 2 aliphatic rings. The van der Waals surface area contributed by atoms with E-state index in [0.29, 0.717) is 26.1 Å². The van der Waals surface area contributed by atoms with E-state index >= 15 is 0 Å². The van der Waals surface area contributed by atoms with Gasteiger partial charge in [-0.25, -0.2) is 0 Å². The number of benzene rings is 1. The second kappa shape index (κ2) is 5.76. The number of aliphatic carboxylic acids is 1. The van der Waals surface area contributed by atoms with E-state index in [2.05, 4.69) is 29.8 Å². The molecule has 0 amide bonds. The molecule has 22 heavy (non-hydrogen) atoms. The zero-order valence-corrected chi connectivity index (χ0v) is 14.5. The van der Waals surface area contributed by atoms with Crippen LogP contribution in [-0.4, -0.2) is 24.3 Å². The van der Waals surface area contributed by atoms with Crippen molar-refractivity contribution in [1.29, 1.82) is 0 Å². The van der Waals surface area contributed by atoms with Crippen molar-refractivity contribution in [2.75, 3.05) is 13.2 Å². The van der Waals surface area contributed by atoms with Crippen molar-refractivity contribution < 1.29 is 19.4 Å². The maximum atomic E-state index is 12.0. The Morgan fingerprint density at radius 3 is 2.50 bits per heavy atom. The summed E-state index contributed by atoms with van der Waals surface area (Å²) in [4.78, 5) is 12.0. The quantitative estimate of drug-likeness (QED) is 0.866. The first-order valence-corrected chi connectivity index (χ1v) is 8.62. The van der Waals surface area contributed by atoms with Crippen molar-refractivity contribution in [1.82, 2.24) is 0 Å². The highest BCUT2D eigenvalue weighted by Gasteiger charge is 2.49. The van der Waals surface area contributed by atoms with Crippen molar-refractivity contribution in [3.8, 4) is 11.5 Å². The maximum Gasteiger partial charge on any atom is 0.314 e. The predicted octanol–water partition coefficient (Wildman–Crippen LogP) is 4.24. The largest absolute Gasteiger partial charge is 0.490 e. The molecule has 1 aromatic carbocycles. The normalized spacial score (nSPS) is 19.5. The molecular weight excluding hydrogens is 348 g/mol. The Balaban J connectivity index is 2.25. The van der Waals surface area contributed by atoms with Gasteiger partial charge in [0.1, 0.15) is 0 Å². The van der Waals surface area contributed by atoms with Gasteiger partial charge in [-0.2, -0.15) is 0 Å². The van der Waals surface area contributed by atoms with Crippen LogP contribution >= 0.6 is 15.9 Å². The molecule has 1 heterocycles. The Bertz CT molecular complexity index is 605. The van der Waals surface area contributed by atoms with Gasteiger partial charge in [-0.15, -0.1) is 0 Å². The Morgan fingerprint density at radius 2 is 1.95 bits per heavy atom. The number of carboxylic acid groups (broad SMARTS) is 1. The molecule has 0 radical (unpaired) electrons. The molecule has 0 aromatic heterocycles. The lowest BCUT2D eigenvalue weighted by atomic mass is 9.62. The molecule has 1 aliphatic heterocycles. The molecule has 1 fully saturated rings. The van der Waals surface area contributed by atoms with Gasteiger partial charge in [-0.3, -0.25) is 4.79 Å². The van der Waals surface area contributed by atoms with Crippen LogP contribution in [0, 0.1) is 0 Å². The molecule has 0 saturated heterocycles. The van der Waals surface area contributed by atoms with Crippen molar-refractivity contribution >= 4 is 21.9 Å². The monoisotopic (exact) mass is 368 g/mol. The summed E-state index contributed by atoms with van der Waals surface area (Å²) in [6.07, 6.45) is 3.15. The van der Waals surface area contributed by atoms with Crippen molar-refractivity contribution in [2.24, 2.45) is 0 Å². The van der Waals surface area contributed by atoms with Crippen LogP contribution in [0.2, 0.25) is 0 Å². The van der Waals surface area contributed by atoms with Crippen molar-refractivity contribution in [3.63, 3.8) is 0 Å². The average molecular weight is 369 g/mol. The summed E-state index contributed by atoms with van der Waals surface area (Å²) in [6.45, 7) is 5.39. The summed E-state index contributed by atoms with van der Waals surface area (Å²) < 4.78 is 12.6. The van der Waals surface area contributed by atoms with Gasteiger partial charge < -0.3 is 14.6 Å². The molecule has 3 rings (SSSR count). The summed E-state index contributed by atoms with van der Waals surface area (Å²) in [6, 6.07) is 1.88. The number of hydrogen-bond acceptors (Lipinski definition) is 3. The molecule has 4 nitrogen and oxygen atoms in total. The van der Waals surface area contributed by atoms with Crippen LogP contribution in [0.15, 0.2) is 10.5 Å². The zero-order valence-electron chi connectivity index (χ0n) is 12.9. The SMILES string of the molecule is CC(C)c1c2c(cc(Br)c1C1(C(=O)O)CCC1)OCCCO2. The third-order valence-corrected chi connectivity index (χ3v) is 5.32. The highest BCUT2D eigenvalue weighted by Crippen LogP contribution is 2.53. The smallest absolute Gasteiger partial charge is 0.314 e. The number of halogens is 1. The summed E-state index contributed by atoms with van der Waals surface area (Å²) in [7, 11) is 0. The fourth-order valence-corrected chi connectivity index (χ4v) is 4.24. The minimum Gasteiger partial charge on any atom is -0.490 e. The number of hydrogen-bond donors (Lipinski definition) is 1. The minimum absolute atomic E-state index is 0.166. The third kappa shape index (κ3) is 2.30. The van der Waals surface area contributed by atoms with Crippen LogP contribution in [0.25, 0.3) is 0 Å². The molecule has 5 heteroatoms. The van der Waals surface area contributed by atoms with E-state index in [1.54, 1.807) is 0 Å². The predicted molar refractivity (Wildman–Crippen MR) is 87.0 cm³/mol. The van der Waals surface area contributed by atoms with E-state index in [-0.39, 0.29) is 5.92 Å². The van der Waals surface area contributed by atoms with Gasteiger partial charge in [-0.1, -0.05) is 36.2 Å². The third-order valence-electron chi connectivity index (χ3n) is 4.70. The lowest BCUT2D eigenvalue weighted by Crippen LogP contribution is -2.43. The van der Waals surface area contributed by atoms with Crippen LogP contribution in [0.4, 0.5) is 0 Å². The minimum atomic E-state index is -0.789. The Hall–Kier alpha value is -1.23. The topological polar surface area (TPSA) is 55.8 Å². The molecule has 1 aromatic rings. The molecule has 0 spiro atoms. The lowest BCUT2D eigenvalue weighted by molar-refractivity contribution is -0.147. The number of ether oxygens (including phenoxy) is 2. The molecule has 0 bridgehead atoms. The maximum absolute atomic E-state index is 12.0. The fourth-order valence-electron chi connectivity index (χ4n) is 3.44. The highest BCUT2D eigenvalue weighted by atomic mass is 79.9. The fraction of sp³-hybridized carbons (Fsp3) is 0.588. The number of carboxylic acids is 1. The van der Waals surface area contributed by atoms with Gasteiger partial charge in [0, 0.05) is 16.5 Å². The number of carbonyl (C=O) groups is 1. The Labute approximate surface area is 138 Å². The summed E-state index contributed by atoms with van der Waals surface area (Å²) in [5, 5.41) is 9.83. The molecule has 0 atom stereocenters. The first kappa shape index (κ1) is 15.7. The van der Waals surface area contributed by atoms with Gasteiger partial charge in [0.05, 0.1) is 18.6 Å². The lowest BCUT2D eigenvalue weighted by Gasteiger charge is -2.41. The molecule has 1 aliphatic carbocycles. The first-order chi connectivity index (χ1) is 10.5. The number of rotatable bonds is 3. The second-order valence-electron chi connectivity index (χ2n) is 6.42. The molecule has 1 N–H and O–H groups in total. The van der Waals surface area contributed by atoms with Crippen LogP contribution in [0.3, 0.4) is 0 Å². The summed E-state index contributed by atoms with van der Waals surface area (Å²) in [5.74, 6) is 0.880. The van der Waals surface area contributed by atoms with Crippen molar-refractivity contribution in [2.45, 2.75) is 50.9 Å². The summed E-state index contributed by atoms with van der Waals surface area (Å²) >= 11 is 3.60. The van der Waals surface area contributed by atoms with Crippen LogP contribution in [0.5, 0.6) is 11.5 Å². The molecular formula is C17H21BrO4. The van der Waals surface area contributed by atoms with E-state index in [1.165, 1.54) is 0 Å². The van der Waals surface area contributed by atoms with E-state index in [4.69, 9.17) is 9.47 Å². The molecule has 1 saturated carbocycles. The molecule has 0 unspecified atom stereocenters. The standard InChI is InChI=1S/C17H21BrO4/c1-10(2)13-14(17(16(19)20)5-3-6-17)11(18)9-12-15(13)22-8-4-7-21-12/h9-10H,3-8H2,1-2H3,(H,19,20). The van der Waals surface area contributed by atoms with Crippen molar-refractivity contribution in [3.05, 3.63) is 21.7 Å². The van der Waals surface area contributed by atoms with E-state index in [0.717, 1.165) is 39.9 Å². The average Bonchev–Trinajstić information content (AvgIpc) is 2.61. The Morgan fingerprint density at radius 1 is 1.27 bits per heavy atom. The first-order valence-electron chi connectivity index (χ1n) is 7.83. The van der Waals surface area contributed by atoms with Gasteiger partial charge in [0.15, 0.2) is 11.5 Å². The highest BCUT2D eigenvalue weighted by molar-refractivity contribution is 9.10. The van der Waals surface area contributed by atoms with E-state index in [1.807, 2.05) is 6.07 Å². The van der Waals surface area contributed by atoms with Crippen LogP contribution < -0.4 is 9.47 Å². The van der Waals surface area contributed by atoms with E-state index in [9.17, 15) is 9.90 Å². The van der Waals surface area contributed by atoms with Gasteiger partial charge >= 0.3 is 5.97 Å². The second-order valence-corrected chi connectivity index (χ2v) is 7.27. The number of fused-ring (bicyclic) bond motifs is 1.